The monoisotopic (exact) mass is 415 g/mol. The van der Waals surface area contributed by atoms with Crippen LogP contribution in [0.2, 0.25) is 0 Å². The summed E-state index contributed by atoms with van der Waals surface area (Å²) in [5, 5.41) is 3.69. The van der Waals surface area contributed by atoms with Gasteiger partial charge in [0, 0.05) is 9.35 Å². The minimum absolute atomic E-state index is 0.269. The van der Waals surface area contributed by atoms with Crippen LogP contribution in [-0.4, -0.2) is 6.54 Å². The van der Waals surface area contributed by atoms with Crippen molar-refractivity contribution in [2.75, 3.05) is 6.54 Å². The first kappa shape index (κ1) is 16.2. The normalized spacial score (nSPS) is 12.7. The first-order valence-electron chi connectivity index (χ1n) is 6.78. The summed E-state index contributed by atoms with van der Waals surface area (Å²) in [4.78, 5) is 1.37. The highest BCUT2D eigenvalue weighted by molar-refractivity contribution is 9.11. The topological polar surface area (TPSA) is 12.0 Å². The molecule has 0 aliphatic rings. The fourth-order valence-electron chi connectivity index (χ4n) is 2.38. The Kier molecular flexibility index (Phi) is 5.84. The van der Waals surface area contributed by atoms with Crippen molar-refractivity contribution in [3.05, 3.63) is 54.1 Å². The molecular weight excluding hydrogens is 398 g/mol. The summed E-state index contributed by atoms with van der Waals surface area (Å²) in [5.41, 5.74) is 4.05. The third kappa shape index (κ3) is 3.73. The molecule has 1 unspecified atom stereocenters. The fourth-order valence-corrected chi connectivity index (χ4v) is 4.61. The van der Waals surface area contributed by atoms with Crippen LogP contribution in [-0.2, 0) is 0 Å². The molecule has 108 valence electrons. The first-order chi connectivity index (χ1) is 9.52. The van der Waals surface area contributed by atoms with Gasteiger partial charge in [0.2, 0.25) is 0 Å². The van der Waals surface area contributed by atoms with Gasteiger partial charge in [-0.2, -0.15) is 0 Å². The van der Waals surface area contributed by atoms with Gasteiger partial charge in [0.15, 0.2) is 0 Å². The van der Waals surface area contributed by atoms with Crippen molar-refractivity contribution < 1.29 is 0 Å². The summed E-state index contributed by atoms with van der Waals surface area (Å²) in [7, 11) is 0. The molecule has 2 rings (SSSR count). The van der Waals surface area contributed by atoms with E-state index in [4.69, 9.17) is 0 Å². The van der Waals surface area contributed by atoms with Crippen LogP contribution >= 0.6 is 43.2 Å². The lowest BCUT2D eigenvalue weighted by Gasteiger charge is -2.21. The number of benzene rings is 1. The van der Waals surface area contributed by atoms with Gasteiger partial charge in [-0.05, 0) is 77.6 Å². The smallest absolute Gasteiger partial charge is 0.0704 e. The summed E-state index contributed by atoms with van der Waals surface area (Å²) in [6.45, 7) is 7.60. The number of thiophene rings is 1. The number of nitrogens with one attached hydrogen (secondary N) is 1. The van der Waals surface area contributed by atoms with Gasteiger partial charge in [-0.25, -0.2) is 0 Å². The standard InChI is InChI=1S/C16H19Br2NS/c1-4-7-19-16(14-9-15(18)20-11(14)3)13-6-5-12(17)8-10(13)2/h5-6,8-9,16,19H,4,7H2,1-3H3. The average Bonchev–Trinajstić information content (AvgIpc) is 2.71. The largest absolute Gasteiger partial charge is 0.306 e. The lowest BCUT2D eigenvalue weighted by molar-refractivity contribution is 0.595. The Hall–Kier alpha value is -0.160. The van der Waals surface area contributed by atoms with Crippen molar-refractivity contribution >= 4 is 43.2 Å². The second-order valence-corrected chi connectivity index (χ2v) is 8.50. The lowest BCUT2D eigenvalue weighted by Crippen LogP contribution is -2.24. The van der Waals surface area contributed by atoms with E-state index < -0.39 is 0 Å². The molecule has 1 aromatic carbocycles. The molecule has 1 heterocycles. The molecule has 1 atom stereocenters. The minimum Gasteiger partial charge on any atom is -0.306 e. The van der Waals surface area contributed by atoms with Crippen molar-refractivity contribution in [3.63, 3.8) is 0 Å². The Morgan fingerprint density at radius 2 is 1.90 bits per heavy atom. The molecule has 0 aliphatic carbocycles. The van der Waals surface area contributed by atoms with E-state index in [9.17, 15) is 0 Å². The quantitative estimate of drug-likeness (QED) is 0.632. The van der Waals surface area contributed by atoms with Gasteiger partial charge < -0.3 is 5.32 Å². The summed E-state index contributed by atoms with van der Waals surface area (Å²) in [5.74, 6) is 0. The summed E-state index contributed by atoms with van der Waals surface area (Å²) in [6.07, 6.45) is 1.14. The van der Waals surface area contributed by atoms with Crippen LogP contribution in [0, 0.1) is 13.8 Å². The number of hydrogen-bond donors (Lipinski definition) is 1. The van der Waals surface area contributed by atoms with E-state index in [1.54, 1.807) is 11.3 Å². The molecule has 0 aliphatic heterocycles. The molecule has 4 heteroatoms. The van der Waals surface area contributed by atoms with Gasteiger partial charge in [-0.3, -0.25) is 0 Å². The SMILES string of the molecule is CCCNC(c1ccc(Br)cc1C)c1cc(Br)sc1C. The molecule has 1 nitrogen and oxygen atoms in total. The van der Waals surface area contributed by atoms with E-state index in [0.29, 0.717) is 0 Å². The Bertz CT molecular complexity index is 592. The zero-order valence-corrected chi connectivity index (χ0v) is 16.0. The third-order valence-electron chi connectivity index (χ3n) is 3.38. The average molecular weight is 417 g/mol. The van der Waals surface area contributed by atoms with Crippen LogP contribution in [0.5, 0.6) is 0 Å². The van der Waals surface area contributed by atoms with Crippen LogP contribution in [0.15, 0.2) is 32.5 Å². The summed E-state index contributed by atoms with van der Waals surface area (Å²) < 4.78 is 2.33. The van der Waals surface area contributed by atoms with Crippen LogP contribution in [0.4, 0.5) is 0 Å². The molecule has 2 aromatic rings. The molecule has 20 heavy (non-hydrogen) atoms. The number of aryl methyl sites for hydroxylation is 2. The van der Waals surface area contributed by atoms with E-state index in [1.165, 1.54) is 25.4 Å². The van der Waals surface area contributed by atoms with Crippen molar-refractivity contribution in [1.29, 1.82) is 0 Å². The van der Waals surface area contributed by atoms with Crippen molar-refractivity contribution in [3.8, 4) is 0 Å². The second-order valence-electron chi connectivity index (χ2n) is 4.95. The number of hydrogen-bond acceptors (Lipinski definition) is 2. The molecule has 0 bridgehead atoms. The van der Waals surface area contributed by atoms with E-state index in [2.05, 4.69) is 82.2 Å². The van der Waals surface area contributed by atoms with Crippen LogP contribution in [0.25, 0.3) is 0 Å². The Morgan fingerprint density at radius 1 is 1.15 bits per heavy atom. The van der Waals surface area contributed by atoms with Crippen molar-refractivity contribution in [1.82, 2.24) is 5.32 Å². The fraction of sp³-hybridized carbons (Fsp3) is 0.375. The Morgan fingerprint density at radius 3 is 2.45 bits per heavy atom. The molecule has 0 amide bonds. The van der Waals surface area contributed by atoms with E-state index >= 15 is 0 Å². The predicted octanol–water partition coefficient (Wildman–Crippen LogP) is 5.98. The van der Waals surface area contributed by atoms with E-state index in [1.807, 2.05) is 0 Å². The summed E-state index contributed by atoms with van der Waals surface area (Å²) in [6, 6.07) is 9.05. The predicted molar refractivity (Wildman–Crippen MR) is 95.8 cm³/mol. The Labute approximate surface area is 142 Å². The molecule has 0 fully saturated rings. The van der Waals surface area contributed by atoms with Crippen molar-refractivity contribution in [2.45, 2.75) is 33.2 Å². The second kappa shape index (κ2) is 7.21. The first-order valence-corrected chi connectivity index (χ1v) is 9.18. The summed E-state index contributed by atoms with van der Waals surface area (Å²) >= 11 is 8.95. The molecule has 0 saturated heterocycles. The lowest BCUT2D eigenvalue weighted by atomic mass is 9.95. The molecule has 1 N–H and O–H groups in total. The van der Waals surface area contributed by atoms with Gasteiger partial charge in [0.1, 0.15) is 0 Å². The molecule has 0 spiro atoms. The van der Waals surface area contributed by atoms with Gasteiger partial charge in [-0.1, -0.05) is 28.9 Å². The van der Waals surface area contributed by atoms with Crippen LogP contribution in [0.3, 0.4) is 0 Å². The minimum atomic E-state index is 0.269. The highest BCUT2D eigenvalue weighted by atomic mass is 79.9. The van der Waals surface area contributed by atoms with Gasteiger partial charge >= 0.3 is 0 Å². The highest BCUT2D eigenvalue weighted by Crippen LogP contribution is 2.35. The van der Waals surface area contributed by atoms with Crippen LogP contribution < -0.4 is 5.32 Å². The van der Waals surface area contributed by atoms with Crippen LogP contribution in [0.1, 0.15) is 41.0 Å². The Balaban J connectivity index is 2.44. The van der Waals surface area contributed by atoms with Crippen molar-refractivity contribution in [2.24, 2.45) is 0 Å². The molecule has 1 aromatic heterocycles. The van der Waals surface area contributed by atoms with Gasteiger partial charge in [-0.15, -0.1) is 11.3 Å². The van der Waals surface area contributed by atoms with Gasteiger partial charge in [0.25, 0.3) is 0 Å². The zero-order valence-electron chi connectivity index (χ0n) is 12.0. The third-order valence-corrected chi connectivity index (χ3v) is 5.44. The number of rotatable bonds is 5. The zero-order chi connectivity index (χ0) is 14.7. The van der Waals surface area contributed by atoms with E-state index in [0.717, 1.165) is 17.4 Å². The molecular formula is C16H19Br2NS. The highest BCUT2D eigenvalue weighted by Gasteiger charge is 2.19. The maximum Gasteiger partial charge on any atom is 0.0704 e. The van der Waals surface area contributed by atoms with Gasteiger partial charge in [0.05, 0.1) is 9.83 Å². The number of halogens is 2. The van der Waals surface area contributed by atoms with E-state index in [-0.39, 0.29) is 6.04 Å². The maximum atomic E-state index is 3.69. The molecule has 0 saturated carbocycles. The molecule has 0 radical (unpaired) electrons. The maximum absolute atomic E-state index is 3.69.